The van der Waals surface area contributed by atoms with Gasteiger partial charge in [0, 0.05) is 10.9 Å². The Bertz CT molecular complexity index is 797. The quantitative estimate of drug-likeness (QED) is 0.722. The number of aryl methyl sites for hydroxylation is 1. The zero-order valence-electron chi connectivity index (χ0n) is 13.2. The SMILES string of the molecule is Cc1oc(-c2ccsc2)nc1CC(=O)NC(CO)c1ccccc1. The predicted molar refractivity (Wildman–Crippen MR) is 92.7 cm³/mol. The second-order valence-corrected chi connectivity index (χ2v) is 6.20. The molecule has 0 saturated carbocycles. The number of aliphatic hydroxyl groups is 1. The molecule has 3 aromatic rings. The standard InChI is InChI=1S/C18H18N2O3S/c1-12-15(20-18(23-12)14-7-8-24-11-14)9-17(22)19-16(10-21)13-5-3-2-4-6-13/h2-8,11,16,21H,9-10H2,1H3,(H,19,22). The van der Waals surface area contributed by atoms with Gasteiger partial charge in [0.2, 0.25) is 11.8 Å². The van der Waals surface area contributed by atoms with Gasteiger partial charge < -0.3 is 14.8 Å². The van der Waals surface area contributed by atoms with Gasteiger partial charge in [0.05, 0.1) is 24.8 Å². The first kappa shape index (κ1) is 16.4. The number of benzene rings is 1. The minimum Gasteiger partial charge on any atom is -0.441 e. The molecule has 0 aliphatic carbocycles. The van der Waals surface area contributed by atoms with Gasteiger partial charge in [-0.15, -0.1) is 0 Å². The van der Waals surface area contributed by atoms with E-state index < -0.39 is 6.04 Å². The van der Waals surface area contributed by atoms with Gasteiger partial charge in [0.25, 0.3) is 0 Å². The van der Waals surface area contributed by atoms with E-state index in [0.717, 1.165) is 11.1 Å². The van der Waals surface area contributed by atoms with Crippen molar-refractivity contribution in [1.82, 2.24) is 10.3 Å². The van der Waals surface area contributed by atoms with E-state index in [4.69, 9.17) is 4.42 Å². The first-order valence-electron chi connectivity index (χ1n) is 7.61. The van der Waals surface area contributed by atoms with Crippen molar-refractivity contribution >= 4 is 17.2 Å². The van der Waals surface area contributed by atoms with Gasteiger partial charge in [-0.05, 0) is 23.9 Å². The molecule has 2 heterocycles. The number of nitrogens with zero attached hydrogens (tertiary/aromatic N) is 1. The first-order chi connectivity index (χ1) is 11.7. The minimum atomic E-state index is -0.428. The number of aliphatic hydroxyl groups excluding tert-OH is 1. The molecule has 0 spiro atoms. The number of nitrogens with one attached hydrogen (secondary N) is 1. The van der Waals surface area contributed by atoms with Gasteiger partial charge in [-0.3, -0.25) is 4.79 Å². The average molecular weight is 342 g/mol. The highest BCUT2D eigenvalue weighted by Crippen LogP contribution is 2.24. The maximum atomic E-state index is 12.3. The van der Waals surface area contributed by atoms with E-state index in [1.54, 1.807) is 18.3 Å². The van der Waals surface area contributed by atoms with E-state index in [1.165, 1.54) is 0 Å². The van der Waals surface area contributed by atoms with E-state index in [2.05, 4.69) is 10.3 Å². The Morgan fingerprint density at radius 3 is 2.79 bits per heavy atom. The normalized spacial score (nSPS) is 12.1. The van der Waals surface area contributed by atoms with Gasteiger partial charge in [-0.2, -0.15) is 11.3 Å². The molecule has 2 N–H and O–H groups in total. The lowest BCUT2D eigenvalue weighted by Gasteiger charge is -2.16. The molecule has 0 aliphatic heterocycles. The molecule has 124 valence electrons. The van der Waals surface area contributed by atoms with Gasteiger partial charge in [-0.25, -0.2) is 4.98 Å². The average Bonchev–Trinajstić information content (AvgIpc) is 3.24. The lowest BCUT2D eigenvalue weighted by Crippen LogP contribution is -2.32. The molecule has 0 saturated heterocycles. The molecule has 0 fully saturated rings. The number of thiophene rings is 1. The zero-order chi connectivity index (χ0) is 16.9. The number of carbonyl (C=O) groups is 1. The fourth-order valence-corrected chi connectivity index (χ4v) is 3.05. The van der Waals surface area contributed by atoms with Crippen LogP contribution in [0.3, 0.4) is 0 Å². The van der Waals surface area contributed by atoms with Gasteiger partial charge in [0.1, 0.15) is 5.76 Å². The lowest BCUT2D eigenvalue weighted by molar-refractivity contribution is -0.121. The number of carbonyl (C=O) groups excluding carboxylic acids is 1. The van der Waals surface area contributed by atoms with E-state index in [1.807, 2.05) is 47.2 Å². The third-order valence-electron chi connectivity index (χ3n) is 3.71. The van der Waals surface area contributed by atoms with Crippen LogP contribution in [0.2, 0.25) is 0 Å². The Morgan fingerprint density at radius 2 is 2.12 bits per heavy atom. The van der Waals surface area contributed by atoms with E-state index in [-0.39, 0.29) is 18.9 Å². The number of rotatable bonds is 6. The summed E-state index contributed by atoms with van der Waals surface area (Å²) in [6.45, 7) is 1.64. The highest BCUT2D eigenvalue weighted by Gasteiger charge is 2.18. The molecule has 2 aromatic heterocycles. The second kappa shape index (κ2) is 7.42. The summed E-state index contributed by atoms with van der Waals surface area (Å²) in [4.78, 5) is 16.7. The van der Waals surface area contributed by atoms with E-state index >= 15 is 0 Å². The smallest absolute Gasteiger partial charge is 0.227 e. The second-order valence-electron chi connectivity index (χ2n) is 5.42. The van der Waals surface area contributed by atoms with E-state index in [0.29, 0.717) is 17.3 Å². The summed E-state index contributed by atoms with van der Waals surface area (Å²) >= 11 is 1.57. The molecule has 3 rings (SSSR count). The number of amides is 1. The van der Waals surface area contributed by atoms with Crippen molar-refractivity contribution < 1.29 is 14.3 Å². The number of hydrogen-bond donors (Lipinski definition) is 2. The molecule has 1 unspecified atom stereocenters. The fraction of sp³-hybridized carbons (Fsp3) is 0.222. The summed E-state index contributed by atoms with van der Waals surface area (Å²) in [7, 11) is 0. The Labute approximate surface area is 144 Å². The fourth-order valence-electron chi connectivity index (χ4n) is 2.42. The molecule has 6 heteroatoms. The van der Waals surface area contributed by atoms with E-state index in [9.17, 15) is 9.90 Å². The summed E-state index contributed by atoms with van der Waals surface area (Å²) in [6, 6.07) is 10.9. The van der Waals surface area contributed by atoms with Crippen molar-refractivity contribution in [3.8, 4) is 11.5 Å². The molecule has 0 aliphatic rings. The molecule has 0 radical (unpaired) electrons. The maximum absolute atomic E-state index is 12.3. The van der Waals surface area contributed by atoms with Crippen LogP contribution in [-0.4, -0.2) is 22.6 Å². The molecule has 1 amide bonds. The van der Waals surface area contributed by atoms with Crippen LogP contribution in [0.4, 0.5) is 0 Å². The largest absolute Gasteiger partial charge is 0.441 e. The van der Waals surface area contributed by atoms with Gasteiger partial charge in [-0.1, -0.05) is 30.3 Å². The van der Waals surface area contributed by atoms with Crippen LogP contribution in [0.1, 0.15) is 23.1 Å². The van der Waals surface area contributed by atoms with Crippen LogP contribution in [0.25, 0.3) is 11.5 Å². The summed E-state index contributed by atoms with van der Waals surface area (Å²) < 4.78 is 5.64. The highest BCUT2D eigenvalue weighted by molar-refractivity contribution is 7.08. The topological polar surface area (TPSA) is 75.4 Å². The summed E-state index contributed by atoms with van der Waals surface area (Å²) in [5, 5.41) is 16.3. The number of hydrogen-bond acceptors (Lipinski definition) is 5. The van der Waals surface area contributed by atoms with Gasteiger partial charge in [0.15, 0.2) is 0 Å². The molecule has 1 atom stereocenters. The van der Waals surface area contributed by atoms with Crippen LogP contribution in [0.15, 0.2) is 51.6 Å². The van der Waals surface area contributed by atoms with Crippen LogP contribution in [0.5, 0.6) is 0 Å². The Hall–Kier alpha value is -2.44. The maximum Gasteiger partial charge on any atom is 0.227 e. The van der Waals surface area contributed by atoms with Crippen molar-refractivity contribution in [3.05, 3.63) is 64.2 Å². The van der Waals surface area contributed by atoms with Crippen LogP contribution < -0.4 is 5.32 Å². The van der Waals surface area contributed by atoms with Crippen molar-refractivity contribution in [3.63, 3.8) is 0 Å². The Kier molecular flexibility index (Phi) is 5.08. The first-order valence-corrected chi connectivity index (χ1v) is 8.55. The third-order valence-corrected chi connectivity index (χ3v) is 4.39. The number of aromatic nitrogens is 1. The molecule has 1 aromatic carbocycles. The zero-order valence-corrected chi connectivity index (χ0v) is 14.0. The number of oxazole rings is 1. The molecule has 5 nitrogen and oxygen atoms in total. The van der Waals surface area contributed by atoms with Crippen molar-refractivity contribution in [1.29, 1.82) is 0 Å². The summed E-state index contributed by atoms with van der Waals surface area (Å²) in [6.07, 6.45) is 0.114. The molecule has 24 heavy (non-hydrogen) atoms. The van der Waals surface area contributed by atoms with Crippen molar-refractivity contribution in [2.24, 2.45) is 0 Å². The monoisotopic (exact) mass is 342 g/mol. The van der Waals surface area contributed by atoms with Crippen LogP contribution in [0, 0.1) is 6.92 Å². The third kappa shape index (κ3) is 3.72. The van der Waals surface area contributed by atoms with Crippen molar-refractivity contribution in [2.45, 2.75) is 19.4 Å². The lowest BCUT2D eigenvalue weighted by atomic mass is 10.1. The van der Waals surface area contributed by atoms with Crippen LogP contribution >= 0.6 is 11.3 Å². The Balaban J connectivity index is 1.69. The molecular formula is C18H18N2O3S. The van der Waals surface area contributed by atoms with Crippen molar-refractivity contribution in [2.75, 3.05) is 6.61 Å². The summed E-state index contributed by atoms with van der Waals surface area (Å²) in [5.74, 6) is 0.955. The predicted octanol–water partition coefficient (Wildman–Crippen LogP) is 3.10. The molecule has 0 bridgehead atoms. The highest BCUT2D eigenvalue weighted by atomic mass is 32.1. The van der Waals surface area contributed by atoms with Gasteiger partial charge >= 0.3 is 0 Å². The Morgan fingerprint density at radius 1 is 1.33 bits per heavy atom. The minimum absolute atomic E-state index is 0.114. The molecular weight excluding hydrogens is 324 g/mol. The van der Waals surface area contributed by atoms with Crippen LogP contribution in [-0.2, 0) is 11.2 Å². The summed E-state index contributed by atoms with van der Waals surface area (Å²) in [5.41, 5.74) is 2.38.